The van der Waals surface area contributed by atoms with E-state index in [1.807, 2.05) is 38.1 Å². The second kappa shape index (κ2) is 7.93. The molecule has 0 saturated heterocycles. The van der Waals surface area contributed by atoms with Crippen molar-refractivity contribution in [3.05, 3.63) is 70.3 Å². The van der Waals surface area contributed by atoms with Crippen LogP contribution in [0, 0.1) is 25.2 Å². The van der Waals surface area contributed by atoms with Gasteiger partial charge in [0, 0.05) is 18.3 Å². The molecular weight excluding hydrogens is 314 g/mol. The average Bonchev–Trinajstić information content (AvgIpc) is 2.62. The first-order valence-electron chi connectivity index (χ1n) is 7.77. The van der Waals surface area contributed by atoms with Crippen LogP contribution in [0.5, 0.6) is 0 Å². The van der Waals surface area contributed by atoms with Crippen molar-refractivity contribution >= 4 is 23.6 Å². The van der Waals surface area contributed by atoms with E-state index in [0.29, 0.717) is 16.8 Å². The minimum atomic E-state index is -0.463. The van der Waals surface area contributed by atoms with Crippen LogP contribution < -0.4 is 10.6 Å². The summed E-state index contributed by atoms with van der Waals surface area (Å²) in [6.07, 6.45) is 1.50. The fourth-order valence-electron chi connectivity index (χ4n) is 2.38. The maximum Gasteiger partial charge on any atom is 0.266 e. The summed E-state index contributed by atoms with van der Waals surface area (Å²) < 4.78 is 0. The van der Waals surface area contributed by atoms with E-state index in [0.717, 1.165) is 11.1 Å². The lowest BCUT2D eigenvalue weighted by Crippen LogP contribution is -2.17. The largest absolute Gasteiger partial charge is 0.355 e. The lowest BCUT2D eigenvalue weighted by molar-refractivity contribution is -0.112. The quantitative estimate of drug-likeness (QED) is 0.666. The van der Waals surface area contributed by atoms with Crippen LogP contribution in [0.3, 0.4) is 0 Å². The van der Waals surface area contributed by atoms with Crippen LogP contribution in [0.2, 0.25) is 0 Å². The van der Waals surface area contributed by atoms with Crippen LogP contribution >= 0.6 is 0 Å². The molecular formula is C20H19N3O2. The van der Waals surface area contributed by atoms with E-state index in [2.05, 4.69) is 10.6 Å². The zero-order valence-corrected chi connectivity index (χ0v) is 14.4. The fourth-order valence-corrected chi connectivity index (χ4v) is 2.38. The van der Waals surface area contributed by atoms with Gasteiger partial charge in [-0.1, -0.05) is 30.3 Å². The van der Waals surface area contributed by atoms with Gasteiger partial charge in [-0.3, -0.25) is 9.59 Å². The van der Waals surface area contributed by atoms with Crippen molar-refractivity contribution in [1.82, 2.24) is 5.32 Å². The molecule has 0 bridgehead atoms. The molecule has 0 unspecified atom stereocenters. The third kappa shape index (κ3) is 4.33. The highest BCUT2D eigenvalue weighted by Crippen LogP contribution is 2.20. The van der Waals surface area contributed by atoms with Gasteiger partial charge in [-0.15, -0.1) is 0 Å². The molecule has 0 aliphatic rings. The molecule has 2 aromatic carbocycles. The molecule has 2 amide bonds. The molecule has 0 spiro atoms. The minimum absolute atomic E-state index is 0.00431. The summed E-state index contributed by atoms with van der Waals surface area (Å²) in [5.41, 5.74) is 3.75. The third-order valence-corrected chi connectivity index (χ3v) is 3.80. The van der Waals surface area contributed by atoms with Gasteiger partial charge < -0.3 is 10.6 Å². The van der Waals surface area contributed by atoms with Gasteiger partial charge in [0.25, 0.3) is 11.8 Å². The zero-order valence-electron chi connectivity index (χ0n) is 14.4. The molecule has 126 valence electrons. The molecule has 2 rings (SSSR count). The van der Waals surface area contributed by atoms with Crippen molar-refractivity contribution in [2.75, 3.05) is 12.4 Å². The molecule has 5 heteroatoms. The van der Waals surface area contributed by atoms with Gasteiger partial charge in [0.15, 0.2) is 0 Å². The molecule has 0 aromatic heterocycles. The predicted octanol–water partition coefficient (Wildman–Crippen LogP) is 3.21. The Bertz CT molecular complexity index is 855. The summed E-state index contributed by atoms with van der Waals surface area (Å²) in [4.78, 5) is 23.9. The number of anilines is 1. The summed E-state index contributed by atoms with van der Waals surface area (Å²) in [5.74, 6) is -0.654. The maximum atomic E-state index is 12.4. The van der Waals surface area contributed by atoms with Crippen molar-refractivity contribution in [2.24, 2.45) is 0 Å². The molecule has 0 saturated carbocycles. The number of hydrogen-bond acceptors (Lipinski definition) is 3. The van der Waals surface area contributed by atoms with E-state index in [-0.39, 0.29) is 11.5 Å². The fraction of sp³-hybridized carbons (Fsp3) is 0.150. The molecule has 0 aliphatic carbocycles. The number of nitrogens with one attached hydrogen (secondary N) is 2. The average molecular weight is 333 g/mol. The Morgan fingerprint density at radius 3 is 2.16 bits per heavy atom. The normalized spacial score (nSPS) is 10.7. The van der Waals surface area contributed by atoms with Gasteiger partial charge in [0.05, 0.1) is 0 Å². The molecule has 2 N–H and O–H groups in total. The first kappa shape index (κ1) is 18.0. The molecule has 5 nitrogen and oxygen atoms in total. The summed E-state index contributed by atoms with van der Waals surface area (Å²) in [6.45, 7) is 3.80. The van der Waals surface area contributed by atoms with Crippen LogP contribution in [0.25, 0.3) is 6.08 Å². The van der Waals surface area contributed by atoms with Crippen LogP contribution in [0.1, 0.15) is 27.0 Å². The molecule has 25 heavy (non-hydrogen) atoms. The SMILES string of the molecule is CNC(=O)c1ccc(/C=C(/C#N)C(=O)Nc2c(C)cccc2C)cc1. The first-order chi connectivity index (χ1) is 12.0. The second-order valence-corrected chi connectivity index (χ2v) is 5.59. The molecule has 0 fully saturated rings. The number of carbonyl (C=O) groups excluding carboxylic acids is 2. The molecule has 0 atom stereocenters. The van der Waals surface area contributed by atoms with E-state index in [1.165, 1.54) is 6.08 Å². The Morgan fingerprint density at radius 1 is 1.04 bits per heavy atom. The maximum absolute atomic E-state index is 12.4. The lowest BCUT2D eigenvalue weighted by Gasteiger charge is -2.10. The predicted molar refractivity (Wildman–Crippen MR) is 98.0 cm³/mol. The van der Waals surface area contributed by atoms with Crippen molar-refractivity contribution in [2.45, 2.75) is 13.8 Å². The van der Waals surface area contributed by atoms with Gasteiger partial charge in [0.2, 0.25) is 0 Å². The topological polar surface area (TPSA) is 82.0 Å². The van der Waals surface area contributed by atoms with Gasteiger partial charge in [0.1, 0.15) is 11.6 Å². The highest BCUT2D eigenvalue weighted by molar-refractivity contribution is 6.10. The van der Waals surface area contributed by atoms with Crippen LogP contribution in [0.15, 0.2) is 48.0 Å². The Hall–Kier alpha value is -3.39. The van der Waals surface area contributed by atoms with E-state index in [4.69, 9.17) is 0 Å². The number of benzene rings is 2. The summed E-state index contributed by atoms with van der Waals surface area (Å²) in [7, 11) is 1.56. The van der Waals surface area contributed by atoms with E-state index >= 15 is 0 Å². The van der Waals surface area contributed by atoms with Crippen molar-refractivity contribution in [3.63, 3.8) is 0 Å². The van der Waals surface area contributed by atoms with Crippen LogP contribution in [-0.4, -0.2) is 18.9 Å². The van der Waals surface area contributed by atoms with Gasteiger partial charge in [-0.05, 0) is 48.7 Å². The summed E-state index contributed by atoms with van der Waals surface area (Å²) in [6, 6.07) is 14.3. The van der Waals surface area contributed by atoms with Gasteiger partial charge >= 0.3 is 0 Å². The molecule has 0 heterocycles. The molecule has 0 radical (unpaired) electrons. The van der Waals surface area contributed by atoms with E-state index < -0.39 is 5.91 Å². The van der Waals surface area contributed by atoms with Crippen molar-refractivity contribution in [3.8, 4) is 6.07 Å². The number of amides is 2. The first-order valence-corrected chi connectivity index (χ1v) is 7.77. The lowest BCUT2D eigenvalue weighted by atomic mass is 10.1. The highest BCUT2D eigenvalue weighted by atomic mass is 16.2. The molecule has 2 aromatic rings. The number of nitrogens with zero attached hydrogens (tertiary/aromatic N) is 1. The smallest absolute Gasteiger partial charge is 0.266 e. The summed E-state index contributed by atoms with van der Waals surface area (Å²) >= 11 is 0. The Labute approximate surface area is 147 Å². The Kier molecular flexibility index (Phi) is 5.70. The number of carbonyl (C=O) groups is 2. The highest BCUT2D eigenvalue weighted by Gasteiger charge is 2.12. The van der Waals surface area contributed by atoms with E-state index in [1.54, 1.807) is 31.3 Å². The molecule has 0 aliphatic heterocycles. The number of para-hydroxylation sites is 1. The Morgan fingerprint density at radius 2 is 1.64 bits per heavy atom. The monoisotopic (exact) mass is 333 g/mol. The Balaban J connectivity index is 2.24. The van der Waals surface area contributed by atoms with Crippen LogP contribution in [0.4, 0.5) is 5.69 Å². The standard InChI is InChI=1S/C20H19N3O2/c1-13-5-4-6-14(2)18(13)23-20(25)17(12-21)11-15-7-9-16(10-8-15)19(24)22-3/h4-11H,1-3H3,(H,22,24)(H,23,25)/b17-11-. The number of nitriles is 1. The minimum Gasteiger partial charge on any atom is -0.355 e. The van der Waals surface area contributed by atoms with Gasteiger partial charge in [-0.25, -0.2) is 0 Å². The van der Waals surface area contributed by atoms with Gasteiger partial charge in [-0.2, -0.15) is 5.26 Å². The second-order valence-electron chi connectivity index (χ2n) is 5.59. The van der Waals surface area contributed by atoms with Crippen molar-refractivity contribution < 1.29 is 9.59 Å². The number of hydrogen-bond donors (Lipinski definition) is 2. The summed E-state index contributed by atoms with van der Waals surface area (Å²) in [5, 5.41) is 14.6. The number of rotatable bonds is 4. The number of aryl methyl sites for hydroxylation is 2. The third-order valence-electron chi connectivity index (χ3n) is 3.80. The van der Waals surface area contributed by atoms with Crippen LogP contribution in [-0.2, 0) is 4.79 Å². The van der Waals surface area contributed by atoms with Crippen molar-refractivity contribution in [1.29, 1.82) is 5.26 Å². The zero-order chi connectivity index (χ0) is 18.4. The van der Waals surface area contributed by atoms with E-state index in [9.17, 15) is 14.9 Å².